The summed E-state index contributed by atoms with van der Waals surface area (Å²) in [7, 11) is 0. The molecule has 0 saturated carbocycles. The van der Waals surface area contributed by atoms with Gasteiger partial charge in [0.25, 0.3) is 5.91 Å². The summed E-state index contributed by atoms with van der Waals surface area (Å²) < 4.78 is 10.1. The monoisotopic (exact) mass is 576 g/mol. The Kier molecular flexibility index (Phi) is 13.8. The van der Waals surface area contributed by atoms with Gasteiger partial charge in [0.1, 0.15) is 23.1 Å². The van der Waals surface area contributed by atoms with E-state index < -0.39 is 58.6 Å². The number of nitrogens with zero attached hydrogens (tertiary/aromatic N) is 2. The van der Waals surface area contributed by atoms with Crippen LogP contribution in [0.1, 0.15) is 42.9 Å². The van der Waals surface area contributed by atoms with Gasteiger partial charge in [-0.15, -0.1) is 24.8 Å². The van der Waals surface area contributed by atoms with Gasteiger partial charge in [-0.25, -0.2) is 4.79 Å². The van der Waals surface area contributed by atoms with Crippen molar-refractivity contribution in [3.63, 3.8) is 0 Å². The maximum absolute atomic E-state index is 12.9. The number of amides is 4. The number of nitrogens with two attached hydrogens (primary N) is 1. The number of rotatable bonds is 9. The maximum Gasteiger partial charge on any atom is 0.433 e. The number of halogens is 2. The molecule has 0 aliphatic rings. The van der Waals surface area contributed by atoms with Crippen molar-refractivity contribution in [3.05, 3.63) is 63.9 Å². The molecular formula is C22H30Cl2N6O8. The number of carbonyl (C=O) groups is 4. The van der Waals surface area contributed by atoms with Crippen LogP contribution in [0.3, 0.4) is 0 Å². The highest BCUT2D eigenvalue weighted by atomic mass is 35.5. The molecule has 1 aromatic carbocycles. The number of hydrogen-bond donors (Lipinski definition) is 4. The summed E-state index contributed by atoms with van der Waals surface area (Å²) in [6.45, 7) is 4.71. The molecule has 4 amide bonds. The van der Waals surface area contributed by atoms with E-state index in [9.17, 15) is 29.3 Å². The quantitative estimate of drug-likeness (QED) is 0.254. The van der Waals surface area contributed by atoms with Gasteiger partial charge in [0, 0.05) is 13.1 Å². The van der Waals surface area contributed by atoms with E-state index in [-0.39, 0.29) is 37.9 Å². The lowest BCUT2D eigenvalue weighted by molar-refractivity contribution is -0.402. The predicted octanol–water partition coefficient (Wildman–Crippen LogP) is 1.85. The topological polar surface area (TPSA) is 199 Å². The molecule has 0 aliphatic heterocycles. The molecule has 0 spiro atoms. The molecule has 2 aromatic rings. The third kappa shape index (κ3) is 10.6. The third-order valence-corrected chi connectivity index (χ3v) is 4.38. The first-order valence-corrected chi connectivity index (χ1v) is 10.8. The highest BCUT2D eigenvalue weighted by molar-refractivity contribution is 5.95. The van der Waals surface area contributed by atoms with E-state index in [4.69, 9.17) is 14.9 Å². The van der Waals surface area contributed by atoms with Crippen molar-refractivity contribution in [1.82, 2.24) is 21.1 Å². The van der Waals surface area contributed by atoms with Gasteiger partial charge in [-0.3, -0.25) is 40.2 Å². The Bertz CT molecular complexity index is 1110. The second-order valence-corrected chi connectivity index (χ2v) is 8.44. The average Bonchev–Trinajstić information content (AvgIpc) is 3.31. The highest BCUT2D eigenvalue weighted by Crippen LogP contribution is 2.16. The van der Waals surface area contributed by atoms with Crippen LogP contribution in [0.25, 0.3) is 0 Å². The molecule has 1 aromatic heterocycles. The van der Waals surface area contributed by atoms with Crippen molar-refractivity contribution in [3.8, 4) is 0 Å². The van der Waals surface area contributed by atoms with Gasteiger partial charge >= 0.3 is 17.9 Å². The van der Waals surface area contributed by atoms with Crippen molar-refractivity contribution in [2.75, 3.05) is 19.6 Å². The first kappa shape index (κ1) is 34.1. The first-order valence-electron chi connectivity index (χ1n) is 10.8. The Morgan fingerprint density at radius 1 is 1.08 bits per heavy atom. The molecular weight excluding hydrogens is 547 g/mol. The van der Waals surface area contributed by atoms with Crippen molar-refractivity contribution in [1.29, 1.82) is 0 Å². The Morgan fingerprint density at radius 2 is 1.71 bits per heavy atom. The van der Waals surface area contributed by atoms with Gasteiger partial charge in [0.2, 0.25) is 11.7 Å². The minimum absolute atomic E-state index is 0. The van der Waals surface area contributed by atoms with Crippen LogP contribution in [-0.4, -0.2) is 58.9 Å². The molecule has 0 aliphatic carbocycles. The second kappa shape index (κ2) is 15.4. The molecule has 14 nitrogen and oxygen atoms in total. The van der Waals surface area contributed by atoms with E-state index in [2.05, 4.69) is 16.2 Å². The van der Waals surface area contributed by atoms with Crippen LogP contribution in [0.4, 0.5) is 10.7 Å². The smallest absolute Gasteiger partial charge is 0.433 e. The van der Waals surface area contributed by atoms with Gasteiger partial charge < -0.3 is 20.2 Å². The fraction of sp³-hybridized carbons (Fsp3) is 0.364. The van der Waals surface area contributed by atoms with Gasteiger partial charge in [-0.2, -0.15) is 0 Å². The molecule has 2 rings (SSSR count). The van der Waals surface area contributed by atoms with Crippen molar-refractivity contribution >= 4 is 54.5 Å². The number of nitro groups is 1. The maximum atomic E-state index is 12.9. The zero-order chi connectivity index (χ0) is 26.9. The minimum Gasteiger partial charge on any atom is -0.444 e. The molecule has 16 heteroatoms. The Labute approximate surface area is 230 Å². The van der Waals surface area contributed by atoms with Crippen LogP contribution in [-0.2, 0) is 14.3 Å². The number of furan rings is 1. The largest absolute Gasteiger partial charge is 0.444 e. The Balaban J connectivity index is 0.00000684. The summed E-state index contributed by atoms with van der Waals surface area (Å²) in [6.07, 6.45) is -0.747. The van der Waals surface area contributed by atoms with Crippen LogP contribution in [0.5, 0.6) is 0 Å². The second-order valence-electron chi connectivity index (χ2n) is 8.44. The number of ether oxygens (including phenoxy) is 1. The van der Waals surface area contributed by atoms with Crippen LogP contribution >= 0.6 is 24.8 Å². The predicted molar refractivity (Wildman–Crippen MR) is 140 cm³/mol. The standard InChI is InChI=1S/C22H28N6O8.2ClH/c1-22(2,3)36-21(32)27(12-11-23)13-16(29)24-18(14-7-5-4-6-8-14)20(31)26-25-19(30)15-9-10-17(35-15)28(33)34;;/h4-10,18H,11-13,23H2,1-3H3,(H,24,29)(H,25,30)(H,26,31);2*1H. The molecule has 1 atom stereocenters. The summed E-state index contributed by atoms with van der Waals surface area (Å²) in [6, 6.07) is 8.94. The van der Waals surface area contributed by atoms with E-state index >= 15 is 0 Å². The first-order chi connectivity index (χ1) is 16.9. The third-order valence-electron chi connectivity index (χ3n) is 4.38. The molecule has 210 valence electrons. The van der Waals surface area contributed by atoms with Crippen molar-refractivity contribution in [2.45, 2.75) is 32.4 Å². The SMILES string of the molecule is CC(C)(C)OC(=O)N(CCN)CC(=O)NC(C(=O)NNC(=O)c1ccc([N+](=O)[O-])o1)c1ccccc1.Cl.Cl. The molecule has 0 bridgehead atoms. The number of carbonyl (C=O) groups excluding carboxylic acids is 4. The normalized spacial score (nSPS) is 11.1. The number of nitrogens with one attached hydrogen (secondary N) is 3. The molecule has 0 saturated heterocycles. The zero-order valence-electron chi connectivity index (χ0n) is 20.8. The average molecular weight is 577 g/mol. The summed E-state index contributed by atoms with van der Waals surface area (Å²) in [5.74, 6) is -3.52. The molecule has 38 heavy (non-hydrogen) atoms. The number of benzene rings is 1. The van der Waals surface area contributed by atoms with Gasteiger partial charge in [0.15, 0.2) is 0 Å². The number of hydrogen-bond acceptors (Lipinski definition) is 9. The van der Waals surface area contributed by atoms with E-state index in [1.54, 1.807) is 51.1 Å². The van der Waals surface area contributed by atoms with E-state index in [1.165, 1.54) is 0 Å². The Hall–Kier alpha value is -3.88. The lowest BCUT2D eigenvalue weighted by atomic mass is 10.1. The van der Waals surface area contributed by atoms with Crippen molar-refractivity contribution < 1.29 is 33.3 Å². The van der Waals surface area contributed by atoms with Crippen LogP contribution < -0.4 is 21.9 Å². The summed E-state index contributed by atoms with van der Waals surface area (Å²) >= 11 is 0. The van der Waals surface area contributed by atoms with E-state index in [0.717, 1.165) is 17.0 Å². The van der Waals surface area contributed by atoms with Crippen LogP contribution in [0, 0.1) is 10.1 Å². The molecule has 5 N–H and O–H groups in total. The van der Waals surface area contributed by atoms with Gasteiger partial charge in [-0.1, -0.05) is 30.3 Å². The number of hydrazine groups is 1. The van der Waals surface area contributed by atoms with E-state index in [0.29, 0.717) is 5.56 Å². The lowest BCUT2D eigenvalue weighted by Crippen LogP contribution is -2.50. The summed E-state index contributed by atoms with van der Waals surface area (Å²) in [5.41, 5.74) is 9.36. The van der Waals surface area contributed by atoms with Crippen LogP contribution in [0.2, 0.25) is 0 Å². The highest BCUT2D eigenvalue weighted by Gasteiger charge is 2.28. The van der Waals surface area contributed by atoms with Gasteiger partial charge in [0.05, 0.1) is 6.07 Å². The lowest BCUT2D eigenvalue weighted by Gasteiger charge is -2.27. The van der Waals surface area contributed by atoms with Crippen molar-refractivity contribution in [2.24, 2.45) is 5.73 Å². The fourth-order valence-corrected chi connectivity index (χ4v) is 2.84. The van der Waals surface area contributed by atoms with Gasteiger partial charge in [-0.05, 0) is 32.4 Å². The summed E-state index contributed by atoms with van der Waals surface area (Å²) in [4.78, 5) is 61.2. The molecule has 1 unspecified atom stereocenters. The molecule has 1 heterocycles. The minimum atomic E-state index is -1.26. The zero-order valence-corrected chi connectivity index (χ0v) is 22.4. The van der Waals surface area contributed by atoms with Crippen LogP contribution in [0.15, 0.2) is 46.9 Å². The summed E-state index contributed by atoms with van der Waals surface area (Å²) in [5, 5.41) is 13.2. The molecule has 0 fully saturated rings. The fourth-order valence-electron chi connectivity index (χ4n) is 2.84. The Morgan fingerprint density at radius 3 is 2.24 bits per heavy atom. The molecule has 0 radical (unpaired) electrons. The van der Waals surface area contributed by atoms with E-state index in [1.807, 2.05) is 0 Å².